The van der Waals surface area contributed by atoms with Crippen LogP contribution >= 0.6 is 15.9 Å². The van der Waals surface area contributed by atoms with Crippen LogP contribution in [-0.2, 0) is 0 Å². The van der Waals surface area contributed by atoms with E-state index >= 15 is 0 Å². The van der Waals surface area contributed by atoms with Crippen molar-refractivity contribution in [2.45, 2.75) is 19.4 Å². The molecule has 1 atom stereocenters. The van der Waals surface area contributed by atoms with E-state index in [4.69, 9.17) is 10.2 Å². The zero-order valence-electron chi connectivity index (χ0n) is 5.80. The monoisotopic (exact) mass is 203 g/mol. The molecule has 1 heterocycles. The van der Waals surface area contributed by atoms with Crippen LogP contribution in [0.1, 0.15) is 24.9 Å². The van der Waals surface area contributed by atoms with E-state index in [0.29, 0.717) is 0 Å². The van der Waals surface area contributed by atoms with Crippen molar-refractivity contribution in [3.8, 4) is 0 Å². The van der Waals surface area contributed by atoms with Gasteiger partial charge in [-0.2, -0.15) is 0 Å². The quantitative estimate of drug-likeness (QED) is 0.803. The minimum absolute atomic E-state index is 0.107. The van der Waals surface area contributed by atoms with Crippen LogP contribution in [0.4, 0.5) is 0 Å². The van der Waals surface area contributed by atoms with Gasteiger partial charge in [0, 0.05) is 11.6 Å². The molecule has 10 heavy (non-hydrogen) atoms. The second kappa shape index (κ2) is 3.21. The van der Waals surface area contributed by atoms with Gasteiger partial charge in [-0.1, -0.05) is 6.92 Å². The molecule has 56 valence electrons. The normalized spacial score (nSPS) is 13.5. The minimum atomic E-state index is 0.107. The predicted molar refractivity (Wildman–Crippen MR) is 43.6 cm³/mol. The molecule has 0 radical (unpaired) electrons. The molecule has 0 aromatic carbocycles. The molecule has 2 N–H and O–H groups in total. The summed E-state index contributed by atoms with van der Waals surface area (Å²) in [6.45, 7) is 2.05. The van der Waals surface area contributed by atoms with E-state index < -0.39 is 0 Å². The molecule has 0 saturated heterocycles. The average molecular weight is 204 g/mol. The van der Waals surface area contributed by atoms with Gasteiger partial charge in [0.15, 0.2) is 4.67 Å². The molecule has 1 aromatic heterocycles. The summed E-state index contributed by atoms with van der Waals surface area (Å²) in [5.41, 5.74) is 6.78. The highest BCUT2D eigenvalue weighted by Crippen LogP contribution is 2.20. The number of rotatable bonds is 2. The number of furan rings is 1. The van der Waals surface area contributed by atoms with Gasteiger partial charge in [-0.15, -0.1) is 0 Å². The molecular weight excluding hydrogens is 194 g/mol. The fraction of sp³-hybridized carbons (Fsp3) is 0.429. The molecule has 0 amide bonds. The van der Waals surface area contributed by atoms with Crippen molar-refractivity contribution in [1.29, 1.82) is 0 Å². The largest absolute Gasteiger partial charge is 0.457 e. The van der Waals surface area contributed by atoms with Gasteiger partial charge < -0.3 is 10.2 Å². The van der Waals surface area contributed by atoms with Crippen molar-refractivity contribution in [1.82, 2.24) is 0 Å². The van der Waals surface area contributed by atoms with Gasteiger partial charge in [0.05, 0.1) is 6.26 Å². The van der Waals surface area contributed by atoms with Crippen molar-refractivity contribution < 1.29 is 4.42 Å². The van der Waals surface area contributed by atoms with Gasteiger partial charge in [0.25, 0.3) is 0 Å². The molecule has 0 fully saturated rings. The van der Waals surface area contributed by atoms with Crippen LogP contribution in [0.5, 0.6) is 0 Å². The Bertz CT molecular complexity index is 209. The molecule has 0 bridgehead atoms. The topological polar surface area (TPSA) is 39.2 Å². The first-order valence-corrected chi connectivity index (χ1v) is 4.03. The number of hydrogen-bond acceptors (Lipinski definition) is 2. The fourth-order valence-corrected chi connectivity index (χ4v) is 1.11. The summed E-state index contributed by atoms with van der Waals surface area (Å²) < 4.78 is 5.77. The van der Waals surface area contributed by atoms with E-state index in [1.807, 2.05) is 13.0 Å². The molecule has 0 saturated carbocycles. The standard InChI is InChI=1S/C7H10BrNO/c1-2-6(9)5-3-7(8)10-4-5/h3-4,6H,2,9H2,1H3/t6-/m1/s1. The van der Waals surface area contributed by atoms with E-state index in [1.54, 1.807) is 6.26 Å². The SMILES string of the molecule is CC[C@@H](N)c1coc(Br)c1. The number of hydrogen-bond donors (Lipinski definition) is 1. The zero-order valence-corrected chi connectivity index (χ0v) is 7.39. The lowest BCUT2D eigenvalue weighted by Crippen LogP contribution is -2.06. The van der Waals surface area contributed by atoms with Crippen molar-refractivity contribution >= 4 is 15.9 Å². The van der Waals surface area contributed by atoms with E-state index in [-0.39, 0.29) is 6.04 Å². The third-order valence-corrected chi connectivity index (χ3v) is 1.87. The first-order chi connectivity index (χ1) is 4.74. The van der Waals surface area contributed by atoms with Crippen molar-refractivity contribution in [2.24, 2.45) is 5.73 Å². The third kappa shape index (κ3) is 1.61. The Kier molecular flexibility index (Phi) is 2.51. The van der Waals surface area contributed by atoms with Crippen LogP contribution in [0.3, 0.4) is 0 Å². The maximum absolute atomic E-state index is 5.73. The van der Waals surface area contributed by atoms with E-state index in [9.17, 15) is 0 Å². The molecular formula is C7H10BrNO. The molecule has 1 rings (SSSR count). The third-order valence-electron chi connectivity index (χ3n) is 1.46. The highest BCUT2D eigenvalue weighted by Gasteiger charge is 2.05. The summed E-state index contributed by atoms with van der Waals surface area (Å²) >= 11 is 3.21. The van der Waals surface area contributed by atoms with E-state index in [0.717, 1.165) is 16.7 Å². The van der Waals surface area contributed by atoms with Crippen molar-refractivity contribution in [2.75, 3.05) is 0 Å². The van der Waals surface area contributed by atoms with Crippen molar-refractivity contribution in [3.05, 3.63) is 22.6 Å². The Morgan fingerprint density at radius 1 is 1.80 bits per heavy atom. The Hall–Kier alpha value is -0.280. The zero-order chi connectivity index (χ0) is 7.56. The Labute approximate surface area is 68.5 Å². The predicted octanol–water partition coefficient (Wildman–Crippen LogP) is 2.45. The summed E-state index contributed by atoms with van der Waals surface area (Å²) in [4.78, 5) is 0. The fourth-order valence-electron chi connectivity index (χ4n) is 0.754. The molecule has 0 unspecified atom stereocenters. The first-order valence-electron chi connectivity index (χ1n) is 3.23. The molecule has 2 nitrogen and oxygen atoms in total. The molecule has 3 heteroatoms. The minimum Gasteiger partial charge on any atom is -0.457 e. The number of halogens is 1. The summed E-state index contributed by atoms with van der Waals surface area (Å²) in [5, 5.41) is 0. The van der Waals surface area contributed by atoms with Gasteiger partial charge in [-0.05, 0) is 28.4 Å². The van der Waals surface area contributed by atoms with Gasteiger partial charge in [0.2, 0.25) is 0 Å². The Balaban J connectivity index is 2.74. The van der Waals surface area contributed by atoms with Crippen LogP contribution in [0, 0.1) is 0 Å². The lowest BCUT2D eigenvalue weighted by molar-refractivity contribution is 0.534. The summed E-state index contributed by atoms with van der Waals surface area (Å²) in [6, 6.07) is 2.00. The molecule has 0 aliphatic rings. The van der Waals surface area contributed by atoms with Gasteiger partial charge >= 0.3 is 0 Å². The smallest absolute Gasteiger partial charge is 0.169 e. The van der Waals surface area contributed by atoms with Gasteiger partial charge in [-0.3, -0.25) is 0 Å². The van der Waals surface area contributed by atoms with E-state index in [2.05, 4.69) is 15.9 Å². The van der Waals surface area contributed by atoms with Crippen molar-refractivity contribution in [3.63, 3.8) is 0 Å². The lowest BCUT2D eigenvalue weighted by Gasteiger charge is -2.02. The molecule has 0 aliphatic carbocycles. The van der Waals surface area contributed by atoms with Gasteiger partial charge in [0.1, 0.15) is 0 Å². The molecule has 0 aliphatic heterocycles. The van der Waals surface area contributed by atoms with E-state index in [1.165, 1.54) is 0 Å². The highest BCUT2D eigenvalue weighted by atomic mass is 79.9. The maximum Gasteiger partial charge on any atom is 0.169 e. The van der Waals surface area contributed by atoms with Crippen LogP contribution in [0.15, 0.2) is 21.4 Å². The maximum atomic E-state index is 5.73. The van der Waals surface area contributed by atoms with Gasteiger partial charge in [-0.25, -0.2) is 0 Å². The lowest BCUT2D eigenvalue weighted by atomic mass is 10.1. The molecule has 1 aromatic rings. The highest BCUT2D eigenvalue weighted by molar-refractivity contribution is 9.10. The summed E-state index contributed by atoms with van der Waals surface area (Å²) in [6.07, 6.45) is 2.62. The average Bonchev–Trinajstić information content (AvgIpc) is 2.34. The Morgan fingerprint density at radius 3 is 2.90 bits per heavy atom. The second-order valence-corrected chi connectivity index (χ2v) is 2.98. The molecule has 0 spiro atoms. The second-order valence-electron chi connectivity index (χ2n) is 2.20. The summed E-state index contributed by atoms with van der Waals surface area (Å²) in [5.74, 6) is 0. The van der Waals surface area contributed by atoms with Crippen LogP contribution in [-0.4, -0.2) is 0 Å². The van der Waals surface area contributed by atoms with Crippen LogP contribution in [0.2, 0.25) is 0 Å². The number of nitrogens with two attached hydrogens (primary N) is 1. The Morgan fingerprint density at radius 2 is 2.50 bits per heavy atom. The van der Waals surface area contributed by atoms with Crippen LogP contribution in [0.25, 0.3) is 0 Å². The van der Waals surface area contributed by atoms with Crippen LogP contribution < -0.4 is 5.73 Å². The first kappa shape index (κ1) is 7.82. The summed E-state index contributed by atoms with van der Waals surface area (Å²) in [7, 11) is 0.